The van der Waals surface area contributed by atoms with Gasteiger partial charge in [-0.05, 0) is 17.7 Å². The van der Waals surface area contributed by atoms with E-state index in [2.05, 4.69) is 4.74 Å². The van der Waals surface area contributed by atoms with Gasteiger partial charge in [-0.15, -0.1) is 0 Å². The average Bonchev–Trinajstić information content (AvgIpc) is 2.10. The van der Waals surface area contributed by atoms with E-state index in [9.17, 15) is 9.18 Å². The molecular weight excluding hydrogens is 209 g/mol. The summed E-state index contributed by atoms with van der Waals surface area (Å²) in [4.78, 5) is 10.2. The molecule has 0 aliphatic rings. The van der Waals surface area contributed by atoms with E-state index in [0.717, 1.165) is 0 Å². The molecule has 1 radical (unpaired) electrons. The van der Waals surface area contributed by atoms with E-state index in [1.807, 2.05) is 0 Å². The minimum atomic E-state index is -0.865. The van der Waals surface area contributed by atoms with Crippen molar-refractivity contribution < 1.29 is 13.9 Å². The second-order valence-electron chi connectivity index (χ2n) is 2.51. The van der Waals surface area contributed by atoms with Gasteiger partial charge in [0.05, 0.1) is 5.02 Å². The van der Waals surface area contributed by atoms with Crippen molar-refractivity contribution in [1.82, 2.24) is 0 Å². The fraction of sp³-hybridized carbons (Fsp3) is 0.111. The Kier molecular flexibility index (Phi) is 3.71. The van der Waals surface area contributed by atoms with Crippen LogP contribution in [0.15, 0.2) is 18.2 Å². The molecule has 0 saturated carbocycles. The number of ether oxygens (including phenoxy) is 1. The Morgan fingerprint density at radius 1 is 1.64 bits per heavy atom. The van der Waals surface area contributed by atoms with E-state index in [1.165, 1.54) is 18.6 Å². The Balaban J connectivity index is 2.51. The third kappa shape index (κ3) is 3.22. The van der Waals surface area contributed by atoms with Gasteiger partial charge in [-0.25, -0.2) is 9.18 Å². The van der Waals surface area contributed by atoms with Crippen LogP contribution < -0.4 is 5.73 Å². The van der Waals surface area contributed by atoms with Crippen LogP contribution in [0.25, 0.3) is 0 Å². The van der Waals surface area contributed by atoms with Crippen LogP contribution in [0.5, 0.6) is 0 Å². The Morgan fingerprint density at radius 2 is 2.36 bits per heavy atom. The van der Waals surface area contributed by atoms with Crippen LogP contribution >= 0.6 is 11.6 Å². The summed E-state index contributed by atoms with van der Waals surface area (Å²) in [5.74, 6) is -0.514. The first-order valence-electron chi connectivity index (χ1n) is 3.80. The van der Waals surface area contributed by atoms with Gasteiger partial charge < -0.3 is 10.5 Å². The van der Waals surface area contributed by atoms with Crippen LogP contribution in [0.2, 0.25) is 5.02 Å². The van der Waals surface area contributed by atoms with Gasteiger partial charge in [-0.2, -0.15) is 0 Å². The summed E-state index contributed by atoms with van der Waals surface area (Å²) >= 11 is 5.47. The molecule has 0 unspecified atom stereocenters. The Hall–Kier alpha value is -1.29. The molecule has 0 aliphatic carbocycles. The minimum Gasteiger partial charge on any atom is -0.449 e. The zero-order valence-corrected chi connectivity index (χ0v) is 7.92. The van der Waals surface area contributed by atoms with Gasteiger partial charge in [0, 0.05) is 6.42 Å². The highest BCUT2D eigenvalue weighted by molar-refractivity contribution is 6.30. The summed E-state index contributed by atoms with van der Waals surface area (Å²) in [5.41, 5.74) is 5.31. The summed E-state index contributed by atoms with van der Waals surface area (Å²) < 4.78 is 17.3. The predicted octanol–water partition coefficient (Wildman–Crippen LogP) is 2.13. The molecule has 0 saturated heterocycles. The van der Waals surface area contributed by atoms with Crippen molar-refractivity contribution in [3.63, 3.8) is 0 Å². The third-order valence-electron chi connectivity index (χ3n) is 1.49. The molecule has 1 aromatic carbocycles. The molecule has 0 heterocycles. The van der Waals surface area contributed by atoms with E-state index in [4.69, 9.17) is 17.3 Å². The summed E-state index contributed by atoms with van der Waals surface area (Å²) in [6.07, 6.45) is 0.653. The van der Waals surface area contributed by atoms with Crippen LogP contribution in [0.4, 0.5) is 9.18 Å². The second kappa shape index (κ2) is 4.81. The smallest absolute Gasteiger partial charge is 0.404 e. The first-order valence-corrected chi connectivity index (χ1v) is 4.18. The summed E-state index contributed by atoms with van der Waals surface area (Å²) in [6, 6.07) is 4.27. The summed E-state index contributed by atoms with van der Waals surface area (Å²) in [7, 11) is 0. The Bertz CT molecular complexity index is 344. The van der Waals surface area contributed by atoms with Gasteiger partial charge in [0.25, 0.3) is 0 Å². The predicted molar refractivity (Wildman–Crippen MR) is 50.3 cm³/mol. The number of carbonyl (C=O) groups excluding carboxylic acids is 1. The van der Waals surface area contributed by atoms with E-state index in [1.54, 1.807) is 6.07 Å². The molecule has 0 atom stereocenters. The number of benzene rings is 1. The molecule has 75 valence electrons. The van der Waals surface area contributed by atoms with Crippen LogP contribution in [0.1, 0.15) is 5.56 Å². The molecule has 0 bridgehead atoms. The van der Waals surface area contributed by atoms with Crippen LogP contribution in [0, 0.1) is 12.2 Å². The van der Waals surface area contributed by atoms with Crippen molar-refractivity contribution in [1.29, 1.82) is 0 Å². The lowest BCUT2D eigenvalue weighted by Crippen LogP contribution is -2.14. The van der Waals surface area contributed by atoms with Crippen molar-refractivity contribution >= 4 is 17.7 Å². The first kappa shape index (κ1) is 10.8. The van der Waals surface area contributed by atoms with Gasteiger partial charge in [0.15, 0.2) is 0 Å². The topological polar surface area (TPSA) is 52.3 Å². The molecule has 1 rings (SSSR count). The molecule has 1 aromatic rings. The van der Waals surface area contributed by atoms with Crippen LogP contribution in [-0.2, 0) is 4.74 Å². The van der Waals surface area contributed by atoms with Gasteiger partial charge in [-0.3, -0.25) is 0 Å². The Morgan fingerprint density at radius 3 is 2.93 bits per heavy atom. The van der Waals surface area contributed by atoms with E-state index in [0.29, 0.717) is 5.56 Å². The molecular formula is C9H8ClFNO2. The summed E-state index contributed by atoms with van der Waals surface area (Å²) in [6.45, 7) is 0.0103. The largest absolute Gasteiger partial charge is 0.449 e. The molecule has 0 aromatic heterocycles. The van der Waals surface area contributed by atoms with E-state index < -0.39 is 11.9 Å². The minimum absolute atomic E-state index is 0.0103. The van der Waals surface area contributed by atoms with Crippen molar-refractivity contribution in [3.8, 4) is 0 Å². The van der Waals surface area contributed by atoms with Crippen LogP contribution in [-0.4, -0.2) is 12.7 Å². The lowest BCUT2D eigenvalue weighted by Gasteiger charge is -2.02. The number of hydrogen-bond donors (Lipinski definition) is 1. The monoisotopic (exact) mass is 216 g/mol. The van der Waals surface area contributed by atoms with Gasteiger partial charge >= 0.3 is 6.09 Å². The van der Waals surface area contributed by atoms with Crippen molar-refractivity contribution in [2.24, 2.45) is 5.73 Å². The maximum Gasteiger partial charge on any atom is 0.404 e. The number of primary amides is 1. The molecule has 3 nitrogen and oxygen atoms in total. The highest BCUT2D eigenvalue weighted by atomic mass is 35.5. The SMILES string of the molecule is NC(=O)OC[CH]c1ccc(Cl)c(F)c1. The molecule has 1 amide bonds. The molecule has 0 spiro atoms. The highest BCUT2D eigenvalue weighted by Gasteiger charge is 2.02. The number of carbonyl (C=O) groups is 1. The molecule has 0 fully saturated rings. The van der Waals surface area contributed by atoms with Crippen molar-refractivity contribution in [2.75, 3.05) is 6.61 Å². The van der Waals surface area contributed by atoms with E-state index in [-0.39, 0.29) is 11.6 Å². The van der Waals surface area contributed by atoms with Gasteiger partial charge in [-0.1, -0.05) is 17.7 Å². The number of amides is 1. The third-order valence-corrected chi connectivity index (χ3v) is 1.79. The number of rotatable bonds is 3. The zero-order valence-electron chi connectivity index (χ0n) is 7.17. The van der Waals surface area contributed by atoms with Crippen molar-refractivity contribution in [2.45, 2.75) is 0 Å². The second-order valence-corrected chi connectivity index (χ2v) is 2.91. The normalized spacial score (nSPS) is 9.86. The average molecular weight is 217 g/mol. The number of halogens is 2. The first-order chi connectivity index (χ1) is 6.59. The standard InChI is InChI=1S/C9H8ClFNO2/c10-7-2-1-6(5-8(7)11)3-4-14-9(12)13/h1-3,5H,4H2,(H2,12,13). The van der Waals surface area contributed by atoms with Crippen molar-refractivity contribution in [3.05, 3.63) is 41.0 Å². The van der Waals surface area contributed by atoms with Gasteiger partial charge in [0.2, 0.25) is 0 Å². The lowest BCUT2D eigenvalue weighted by atomic mass is 10.1. The maximum atomic E-state index is 12.9. The molecule has 14 heavy (non-hydrogen) atoms. The lowest BCUT2D eigenvalue weighted by molar-refractivity contribution is 0.166. The fourth-order valence-electron chi connectivity index (χ4n) is 0.859. The quantitative estimate of drug-likeness (QED) is 0.842. The number of nitrogens with two attached hydrogens (primary N) is 1. The van der Waals surface area contributed by atoms with Crippen LogP contribution in [0.3, 0.4) is 0 Å². The molecule has 5 heteroatoms. The highest BCUT2D eigenvalue weighted by Crippen LogP contribution is 2.16. The Labute approximate surface area is 85.6 Å². The zero-order chi connectivity index (χ0) is 10.6. The van der Waals surface area contributed by atoms with Gasteiger partial charge in [0.1, 0.15) is 12.4 Å². The maximum absolute atomic E-state index is 12.9. The summed E-state index contributed by atoms with van der Waals surface area (Å²) in [5, 5.41) is 0.0537. The fourth-order valence-corrected chi connectivity index (χ4v) is 0.977. The number of hydrogen-bond acceptors (Lipinski definition) is 2. The van der Waals surface area contributed by atoms with E-state index >= 15 is 0 Å². The molecule has 2 N–H and O–H groups in total. The molecule has 0 aliphatic heterocycles.